The normalized spacial score (nSPS) is 14.0. The third-order valence-electron chi connectivity index (χ3n) is 3.30. The van der Waals surface area contributed by atoms with Crippen LogP contribution in [-0.4, -0.2) is 30.9 Å². The summed E-state index contributed by atoms with van der Waals surface area (Å²) in [6.07, 6.45) is 0. The molecule has 0 aliphatic carbocycles. The number of benzene rings is 1. The molecule has 0 bridgehead atoms. The van der Waals surface area contributed by atoms with Gasteiger partial charge in [0.25, 0.3) is 0 Å². The summed E-state index contributed by atoms with van der Waals surface area (Å²) in [4.78, 5) is 13.9. The van der Waals surface area contributed by atoms with Gasteiger partial charge in [-0.25, -0.2) is 0 Å². The van der Waals surface area contributed by atoms with Crippen LogP contribution >= 0.6 is 23.2 Å². The largest absolute Gasteiger partial charge is 0.338 e. The van der Waals surface area contributed by atoms with Gasteiger partial charge in [0.05, 0.1) is 0 Å². The second-order valence-electron chi connectivity index (χ2n) is 4.73. The molecular formula is C14H16Cl2N2O. The summed E-state index contributed by atoms with van der Waals surface area (Å²) in [5.41, 5.74) is 2.90. The second kappa shape index (κ2) is 5.95. The number of carbonyl (C=O) groups excluding carboxylic acids is 1. The molecule has 0 unspecified atom stereocenters. The Labute approximate surface area is 123 Å². The molecule has 0 radical (unpaired) electrons. The summed E-state index contributed by atoms with van der Waals surface area (Å²) in [6.45, 7) is 3.98. The fourth-order valence-electron chi connectivity index (χ4n) is 1.93. The maximum atomic E-state index is 12.2. The predicted octanol–water partition coefficient (Wildman–Crippen LogP) is 2.87. The number of amides is 1. The van der Waals surface area contributed by atoms with Crippen LogP contribution in [0.15, 0.2) is 29.3 Å². The van der Waals surface area contributed by atoms with E-state index in [2.05, 4.69) is 5.32 Å². The van der Waals surface area contributed by atoms with Gasteiger partial charge >= 0.3 is 0 Å². The topological polar surface area (TPSA) is 32.3 Å². The fraction of sp³-hybridized carbons (Fsp3) is 0.357. The number of halogens is 2. The van der Waals surface area contributed by atoms with Crippen molar-refractivity contribution in [3.05, 3.63) is 45.0 Å². The number of carbonyl (C=O) groups is 1. The first kappa shape index (κ1) is 14.4. The highest BCUT2D eigenvalue weighted by Crippen LogP contribution is 2.22. The molecule has 102 valence electrons. The Morgan fingerprint density at radius 2 is 2.05 bits per heavy atom. The van der Waals surface area contributed by atoms with Crippen LogP contribution in [0.2, 0.25) is 10.0 Å². The Kier molecular flexibility index (Phi) is 4.50. The highest BCUT2D eigenvalue weighted by atomic mass is 35.5. The first-order chi connectivity index (χ1) is 8.99. The van der Waals surface area contributed by atoms with Gasteiger partial charge in [0, 0.05) is 42.3 Å². The first-order valence-corrected chi connectivity index (χ1v) is 6.83. The van der Waals surface area contributed by atoms with Gasteiger partial charge in [-0.3, -0.25) is 4.79 Å². The van der Waals surface area contributed by atoms with E-state index in [-0.39, 0.29) is 5.91 Å². The molecule has 2 rings (SSSR count). The molecule has 0 aromatic heterocycles. The lowest BCUT2D eigenvalue weighted by Crippen LogP contribution is -2.38. The zero-order valence-corrected chi connectivity index (χ0v) is 12.5. The standard InChI is InChI=1S/C14H16Cl2N2O/c1-9(11-6-17-7-11)14(19)18(2)8-10-3-4-12(15)5-13(10)16/h3-5,17H,6-8H2,1-2H3. The van der Waals surface area contributed by atoms with Crippen molar-refractivity contribution in [1.82, 2.24) is 10.2 Å². The van der Waals surface area contributed by atoms with Crippen molar-refractivity contribution < 1.29 is 4.79 Å². The summed E-state index contributed by atoms with van der Waals surface area (Å²) < 4.78 is 0. The van der Waals surface area contributed by atoms with Crippen molar-refractivity contribution in [2.24, 2.45) is 0 Å². The Balaban J connectivity index is 2.08. The van der Waals surface area contributed by atoms with E-state index in [1.165, 1.54) is 5.57 Å². The first-order valence-electron chi connectivity index (χ1n) is 6.07. The van der Waals surface area contributed by atoms with Gasteiger partial charge in [-0.05, 0) is 30.2 Å². The third-order valence-corrected chi connectivity index (χ3v) is 3.88. The number of hydrogen-bond donors (Lipinski definition) is 1. The van der Waals surface area contributed by atoms with Crippen LogP contribution in [0.1, 0.15) is 12.5 Å². The lowest BCUT2D eigenvalue weighted by molar-refractivity contribution is -0.126. The quantitative estimate of drug-likeness (QED) is 0.870. The van der Waals surface area contributed by atoms with Gasteiger partial charge in [0.15, 0.2) is 0 Å². The number of hydrogen-bond acceptors (Lipinski definition) is 2. The molecule has 5 heteroatoms. The summed E-state index contributed by atoms with van der Waals surface area (Å²) in [5.74, 6) is 0.0440. The molecule has 1 saturated heterocycles. The van der Waals surface area contributed by atoms with E-state index in [9.17, 15) is 4.79 Å². The molecule has 19 heavy (non-hydrogen) atoms. The molecule has 1 aromatic carbocycles. The Morgan fingerprint density at radius 1 is 1.37 bits per heavy atom. The van der Waals surface area contributed by atoms with E-state index in [4.69, 9.17) is 23.2 Å². The molecule has 1 fully saturated rings. The smallest absolute Gasteiger partial charge is 0.249 e. The monoisotopic (exact) mass is 298 g/mol. The van der Waals surface area contributed by atoms with E-state index in [1.807, 2.05) is 13.0 Å². The highest BCUT2D eigenvalue weighted by molar-refractivity contribution is 6.35. The zero-order chi connectivity index (χ0) is 14.0. The van der Waals surface area contributed by atoms with Crippen LogP contribution in [0.4, 0.5) is 0 Å². The van der Waals surface area contributed by atoms with Crippen LogP contribution in [0.3, 0.4) is 0 Å². The minimum absolute atomic E-state index is 0.0440. The van der Waals surface area contributed by atoms with E-state index in [0.717, 1.165) is 24.2 Å². The average molecular weight is 299 g/mol. The number of likely N-dealkylation sites (N-methyl/N-ethyl adjacent to an activating group) is 1. The van der Waals surface area contributed by atoms with E-state index >= 15 is 0 Å². The van der Waals surface area contributed by atoms with Gasteiger partial charge in [-0.15, -0.1) is 0 Å². The van der Waals surface area contributed by atoms with Crippen molar-refractivity contribution in [3.63, 3.8) is 0 Å². The van der Waals surface area contributed by atoms with Gasteiger partial charge < -0.3 is 10.2 Å². The fourth-order valence-corrected chi connectivity index (χ4v) is 2.40. The molecule has 1 aromatic rings. The van der Waals surface area contributed by atoms with E-state index in [0.29, 0.717) is 16.6 Å². The molecule has 1 N–H and O–H groups in total. The maximum Gasteiger partial charge on any atom is 0.249 e. The van der Waals surface area contributed by atoms with Crippen molar-refractivity contribution in [2.45, 2.75) is 13.5 Å². The minimum atomic E-state index is 0.0440. The lowest BCUT2D eigenvalue weighted by Gasteiger charge is -2.25. The van der Waals surface area contributed by atoms with Crippen LogP contribution < -0.4 is 5.32 Å². The molecule has 1 amide bonds. The molecule has 1 heterocycles. The minimum Gasteiger partial charge on any atom is -0.338 e. The van der Waals surface area contributed by atoms with Crippen LogP contribution in [0, 0.1) is 0 Å². The molecule has 1 aliphatic rings. The molecule has 0 atom stereocenters. The second-order valence-corrected chi connectivity index (χ2v) is 5.57. The van der Waals surface area contributed by atoms with Crippen molar-refractivity contribution in [3.8, 4) is 0 Å². The number of rotatable bonds is 3. The van der Waals surface area contributed by atoms with Crippen LogP contribution in [-0.2, 0) is 11.3 Å². The Bertz CT molecular complexity index is 534. The van der Waals surface area contributed by atoms with Crippen molar-refractivity contribution in [1.29, 1.82) is 0 Å². The number of nitrogens with one attached hydrogen (secondary N) is 1. The molecule has 0 spiro atoms. The summed E-state index contributed by atoms with van der Waals surface area (Å²) in [6, 6.07) is 5.32. The van der Waals surface area contributed by atoms with Gasteiger partial charge in [-0.1, -0.05) is 29.3 Å². The van der Waals surface area contributed by atoms with Crippen LogP contribution in [0.25, 0.3) is 0 Å². The predicted molar refractivity (Wildman–Crippen MR) is 78.5 cm³/mol. The molecular weight excluding hydrogens is 283 g/mol. The molecule has 0 saturated carbocycles. The molecule has 3 nitrogen and oxygen atoms in total. The van der Waals surface area contributed by atoms with E-state index in [1.54, 1.807) is 24.1 Å². The van der Waals surface area contributed by atoms with Gasteiger partial charge in [0.1, 0.15) is 0 Å². The average Bonchev–Trinajstić information content (AvgIpc) is 2.29. The Morgan fingerprint density at radius 3 is 2.58 bits per heavy atom. The zero-order valence-electron chi connectivity index (χ0n) is 11.0. The third kappa shape index (κ3) is 3.30. The summed E-state index contributed by atoms with van der Waals surface area (Å²) in [5, 5.41) is 4.32. The lowest BCUT2D eigenvalue weighted by atomic mass is 10.0. The van der Waals surface area contributed by atoms with Crippen molar-refractivity contribution in [2.75, 3.05) is 20.1 Å². The SMILES string of the molecule is CC(C(=O)N(C)Cc1ccc(Cl)cc1Cl)=C1CNC1. The van der Waals surface area contributed by atoms with Crippen molar-refractivity contribution >= 4 is 29.1 Å². The molecule has 1 aliphatic heterocycles. The highest BCUT2D eigenvalue weighted by Gasteiger charge is 2.19. The van der Waals surface area contributed by atoms with Gasteiger partial charge in [-0.2, -0.15) is 0 Å². The maximum absolute atomic E-state index is 12.2. The summed E-state index contributed by atoms with van der Waals surface area (Å²) in [7, 11) is 1.78. The summed E-state index contributed by atoms with van der Waals surface area (Å²) >= 11 is 12.0. The van der Waals surface area contributed by atoms with Gasteiger partial charge in [0.2, 0.25) is 5.91 Å². The Hall–Kier alpha value is -1.03. The number of nitrogens with zero attached hydrogens (tertiary/aromatic N) is 1. The van der Waals surface area contributed by atoms with E-state index < -0.39 is 0 Å². The van der Waals surface area contributed by atoms with Crippen LogP contribution in [0.5, 0.6) is 0 Å².